The highest BCUT2D eigenvalue weighted by molar-refractivity contribution is 6.18. The first kappa shape index (κ1) is 34.4. The van der Waals surface area contributed by atoms with Crippen molar-refractivity contribution < 1.29 is 4.42 Å². The summed E-state index contributed by atoms with van der Waals surface area (Å²) in [5.41, 5.74) is 14.4. The van der Waals surface area contributed by atoms with Gasteiger partial charge in [-0.1, -0.05) is 173 Å². The second-order valence-corrected chi connectivity index (χ2v) is 17.9. The van der Waals surface area contributed by atoms with Crippen molar-refractivity contribution in [3.63, 3.8) is 0 Å². The van der Waals surface area contributed by atoms with E-state index < -0.39 is 0 Å². The van der Waals surface area contributed by atoms with Crippen LogP contribution < -0.4 is 0 Å². The molecule has 4 nitrogen and oxygen atoms in total. The zero-order valence-electron chi connectivity index (χ0n) is 34.3. The first-order chi connectivity index (χ1) is 29.8. The van der Waals surface area contributed by atoms with Gasteiger partial charge in [0.2, 0.25) is 0 Å². The van der Waals surface area contributed by atoms with Gasteiger partial charge in [0, 0.05) is 43.9 Å². The van der Waals surface area contributed by atoms with Gasteiger partial charge in [-0.15, -0.1) is 0 Å². The lowest BCUT2D eigenvalue weighted by Gasteiger charge is -2.24. The van der Waals surface area contributed by atoms with E-state index in [4.69, 9.17) is 19.4 Å². The van der Waals surface area contributed by atoms with Crippen LogP contribution >= 0.6 is 0 Å². The molecule has 11 aromatic rings. The molecule has 2 aliphatic carbocycles. The van der Waals surface area contributed by atoms with Crippen LogP contribution in [0.25, 0.3) is 111 Å². The molecule has 0 spiro atoms. The minimum Gasteiger partial charge on any atom is -0.455 e. The van der Waals surface area contributed by atoms with Crippen molar-refractivity contribution >= 4 is 54.3 Å². The summed E-state index contributed by atoms with van der Waals surface area (Å²) in [4.78, 5) is 16.3. The van der Waals surface area contributed by atoms with Crippen molar-refractivity contribution in [3.8, 4) is 56.4 Å². The molecule has 61 heavy (non-hydrogen) atoms. The smallest absolute Gasteiger partial charge is 0.164 e. The number of aromatic nitrogens is 3. The fourth-order valence-corrected chi connectivity index (χ4v) is 11.0. The van der Waals surface area contributed by atoms with E-state index in [1.165, 1.54) is 60.5 Å². The Balaban J connectivity index is 1.12. The van der Waals surface area contributed by atoms with Gasteiger partial charge in [0.05, 0.1) is 0 Å². The topological polar surface area (TPSA) is 51.8 Å². The van der Waals surface area contributed by atoms with Crippen molar-refractivity contribution in [2.45, 2.75) is 38.5 Å². The fraction of sp³-hybridized carbons (Fsp3) is 0.105. The van der Waals surface area contributed by atoms with Gasteiger partial charge in [-0.25, -0.2) is 15.0 Å². The number of fused-ring (bicyclic) bond motifs is 15. The van der Waals surface area contributed by atoms with Gasteiger partial charge in [0.25, 0.3) is 0 Å². The number of furan rings is 1. The number of hydrogen-bond acceptors (Lipinski definition) is 4. The normalized spacial score (nSPS) is 14.5. The number of rotatable bonds is 3. The summed E-state index contributed by atoms with van der Waals surface area (Å²) in [5, 5.41) is 9.19. The van der Waals surface area contributed by atoms with Gasteiger partial charge in [0.1, 0.15) is 11.2 Å². The fourth-order valence-electron chi connectivity index (χ4n) is 11.0. The predicted octanol–water partition coefficient (Wildman–Crippen LogP) is 14.8. The third kappa shape index (κ3) is 4.68. The Labute approximate surface area is 353 Å². The van der Waals surface area contributed by atoms with Gasteiger partial charge >= 0.3 is 0 Å². The summed E-state index contributed by atoms with van der Waals surface area (Å²) in [6, 6.07) is 59.0. The van der Waals surface area contributed by atoms with E-state index >= 15 is 0 Å². The third-order valence-electron chi connectivity index (χ3n) is 13.9. The maximum absolute atomic E-state index is 6.89. The molecular weight excluding hydrogens is 743 g/mol. The van der Waals surface area contributed by atoms with Crippen LogP contribution in [0.5, 0.6) is 0 Å². The molecule has 0 radical (unpaired) electrons. The van der Waals surface area contributed by atoms with E-state index in [0.717, 1.165) is 55.0 Å². The molecule has 2 aromatic heterocycles. The molecule has 4 heteroatoms. The zero-order chi connectivity index (χ0) is 40.8. The monoisotopic (exact) mass is 781 g/mol. The van der Waals surface area contributed by atoms with Crippen LogP contribution in [0.1, 0.15) is 49.9 Å². The van der Waals surface area contributed by atoms with Crippen molar-refractivity contribution in [3.05, 3.63) is 186 Å². The Morgan fingerprint density at radius 3 is 1.85 bits per heavy atom. The molecule has 0 bridgehead atoms. The van der Waals surface area contributed by atoms with Crippen LogP contribution in [-0.2, 0) is 10.8 Å². The average Bonchev–Trinajstić information content (AvgIpc) is 3.88. The second-order valence-electron chi connectivity index (χ2n) is 17.9. The largest absolute Gasteiger partial charge is 0.455 e. The van der Waals surface area contributed by atoms with Crippen LogP contribution in [0.2, 0.25) is 0 Å². The van der Waals surface area contributed by atoms with Crippen molar-refractivity contribution in [1.29, 1.82) is 0 Å². The lowest BCUT2D eigenvalue weighted by atomic mass is 9.79. The third-order valence-corrected chi connectivity index (χ3v) is 13.9. The van der Waals surface area contributed by atoms with Gasteiger partial charge < -0.3 is 4.42 Å². The van der Waals surface area contributed by atoms with E-state index in [2.05, 4.69) is 185 Å². The van der Waals surface area contributed by atoms with E-state index in [0.29, 0.717) is 17.5 Å². The Bertz CT molecular complexity index is 3710. The second kappa shape index (κ2) is 12.1. The van der Waals surface area contributed by atoms with E-state index in [9.17, 15) is 0 Å². The number of para-hydroxylation sites is 1. The molecule has 0 aliphatic heterocycles. The van der Waals surface area contributed by atoms with Gasteiger partial charge in [0.15, 0.2) is 17.5 Å². The van der Waals surface area contributed by atoms with Crippen molar-refractivity contribution in [2.75, 3.05) is 0 Å². The van der Waals surface area contributed by atoms with Crippen LogP contribution in [0, 0.1) is 0 Å². The molecule has 0 saturated carbocycles. The summed E-state index contributed by atoms with van der Waals surface area (Å²) in [6.07, 6.45) is 0. The highest BCUT2D eigenvalue weighted by Gasteiger charge is 2.40. The molecule has 0 unspecified atom stereocenters. The average molecular weight is 782 g/mol. The number of hydrogen-bond donors (Lipinski definition) is 0. The lowest BCUT2D eigenvalue weighted by Crippen LogP contribution is -2.15. The Kier molecular flexibility index (Phi) is 6.82. The number of benzene rings is 9. The highest BCUT2D eigenvalue weighted by Crippen LogP contribution is 2.55. The van der Waals surface area contributed by atoms with E-state index in [1.54, 1.807) is 0 Å². The maximum Gasteiger partial charge on any atom is 0.164 e. The lowest BCUT2D eigenvalue weighted by molar-refractivity contribution is 0.653. The Morgan fingerprint density at radius 1 is 0.393 bits per heavy atom. The molecule has 288 valence electrons. The molecule has 0 fully saturated rings. The molecule has 9 aromatic carbocycles. The molecule has 0 N–H and O–H groups in total. The predicted molar refractivity (Wildman–Crippen MR) is 251 cm³/mol. The van der Waals surface area contributed by atoms with Crippen LogP contribution in [0.15, 0.2) is 168 Å². The Hall–Kier alpha value is -7.43. The quantitative estimate of drug-likeness (QED) is 0.168. The van der Waals surface area contributed by atoms with Crippen LogP contribution in [0.3, 0.4) is 0 Å². The zero-order valence-corrected chi connectivity index (χ0v) is 34.3. The number of nitrogens with zero attached hydrogens (tertiary/aromatic N) is 3. The standard InChI is InChI=1S/C57H39N3O/c1-56(2)45-22-11-8-18-40(45)50-46(56)31-43(49-41-19-9-12-23-47(41)61-52(49)50)55-59-53(58-54(60-55)39-20-13-15-32-14-5-6-16-36(32)39)35-27-25-33-24-26-34-28-29-38-37-17-7-10-21-44(37)57(3,4)51(38)48(34)42(33)30-35/h5-31H,1-4H3. The minimum absolute atomic E-state index is 0.169. The molecular formula is C57H39N3O. The van der Waals surface area contributed by atoms with Crippen molar-refractivity contribution in [1.82, 2.24) is 15.0 Å². The Morgan fingerprint density at radius 2 is 1.00 bits per heavy atom. The SMILES string of the molecule is CC1(C)c2ccccc2-c2c1cc(-c1nc(-c3ccc4ccc5ccc6c(c5c4c3)C(C)(C)c3ccccc3-6)nc(-c3cccc4ccccc34)n1)c1c2oc2ccccc21. The first-order valence-corrected chi connectivity index (χ1v) is 21.2. The first-order valence-electron chi connectivity index (χ1n) is 21.2. The molecule has 2 heterocycles. The highest BCUT2D eigenvalue weighted by atomic mass is 16.3. The van der Waals surface area contributed by atoms with E-state index in [1.807, 2.05) is 6.07 Å². The summed E-state index contributed by atoms with van der Waals surface area (Å²) >= 11 is 0. The van der Waals surface area contributed by atoms with Gasteiger partial charge in [-0.3, -0.25) is 0 Å². The molecule has 13 rings (SSSR count). The van der Waals surface area contributed by atoms with Crippen LogP contribution in [0.4, 0.5) is 0 Å². The molecule has 0 saturated heterocycles. The molecule has 0 atom stereocenters. The van der Waals surface area contributed by atoms with Crippen LogP contribution in [-0.4, -0.2) is 15.0 Å². The minimum atomic E-state index is -0.269. The molecule has 0 amide bonds. The van der Waals surface area contributed by atoms with Gasteiger partial charge in [-0.2, -0.15) is 0 Å². The maximum atomic E-state index is 6.89. The molecule has 2 aliphatic rings. The summed E-state index contributed by atoms with van der Waals surface area (Å²) in [6.45, 7) is 9.36. The summed E-state index contributed by atoms with van der Waals surface area (Å²) in [7, 11) is 0. The van der Waals surface area contributed by atoms with Crippen molar-refractivity contribution in [2.24, 2.45) is 0 Å². The summed E-state index contributed by atoms with van der Waals surface area (Å²) in [5.74, 6) is 1.89. The van der Waals surface area contributed by atoms with Gasteiger partial charge in [-0.05, 0) is 89.5 Å². The van der Waals surface area contributed by atoms with E-state index in [-0.39, 0.29) is 10.8 Å². The summed E-state index contributed by atoms with van der Waals surface area (Å²) < 4.78 is 6.89.